The molecule has 5 heteroatoms. The minimum Gasteiger partial charge on any atom is -0.469 e. The molecular formula is C10H17NO4. The van der Waals surface area contributed by atoms with Gasteiger partial charge in [-0.1, -0.05) is 13.8 Å². The van der Waals surface area contributed by atoms with Gasteiger partial charge in [0.25, 0.3) is 0 Å². The topological polar surface area (TPSA) is 66.8 Å². The van der Waals surface area contributed by atoms with Crippen LogP contribution in [0.3, 0.4) is 0 Å². The third kappa shape index (κ3) is 2.40. The van der Waals surface area contributed by atoms with Crippen LogP contribution in [-0.2, 0) is 9.53 Å². The van der Waals surface area contributed by atoms with Gasteiger partial charge in [-0.15, -0.1) is 0 Å². The molecule has 1 N–H and O–H groups in total. The number of amides is 1. The van der Waals surface area contributed by atoms with Gasteiger partial charge in [0.05, 0.1) is 13.0 Å². The Kier molecular flexibility index (Phi) is 3.21. The van der Waals surface area contributed by atoms with Crippen LogP contribution in [0.25, 0.3) is 0 Å². The molecule has 0 radical (unpaired) electrons. The number of hydrogen-bond acceptors (Lipinski definition) is 3. The Bertz CT molecular complexity index is 275. The molecule has 1 fully saturated rings. The van der Waals surface area contributed by atoms with Gasteiger partial charge in [0, 0.05) is 13.1 Å². The van der Waals surface area contributed by atoms with Crippen LogP contribution in [0, 0.1) is 11.3 Å². The van der Waals surface area contributed by atoms with Crippen molar-refractivity contribution >= 4 is 12.1 Å². The van der Waals surface area contributed by atoms with Crippen molar-refractivity contribution in [1.82, 2.24) is 4.90 Å². The van der Waals surface area contributed by atoms with Crippen LogP contribution >= 0.6 is 0 Å². The van der Waals surface area contributed by atoms with Crippen molar-refractivity contribution < 1.29 is 19.4 Å². The zero-order valence-electron chi connectivity index (χ0n) is 9.32. The minimum absolute atomic E-state index is 0.210. The number of carbonyl (C=O) groups is 2. The number of esters is 1. The Hall–Kier alpha value is -1.26. The Morgan fingerprint density at radius 3 is 2.47 bits per heavy atom. The van der Waals surface area contributed by atoms with Crippen LogP contribution in [0.5, 0.6) is 0 Å². The summed E-state index contributed by atoms with van der Waals surface area (Å²) in [4.78, 5) is 23.6. The maximum absolute atomic E-state index is 11.5. The first kappa shape index (κ1) is 11.8. The lowest BCUT2D eigenvalue weighted by atomic mass is 9.74. The summed E-state index contributed by atoms with van der Waals surface area (Å²) in [6.45, 7) is 4.56. The summed E-state index contributed by atoms with van der Waals surface area (Å²) in [5.41, 5.74) is -0.357. The Labute approximate surface area is 89.0 Å². The molecule has 0 spiro atoms. The quantitative estimate of drug-likeness (QED) is 0.667. The molecule has 0 aromatic carbocycles. The molecule has 86 valence electrons. The highest BCUT2D eigenvalue weighted by Gasteiger charge is 2.42. The fourth-order valence-electron chi connectivity index (χ4n) is 2.10. The lowest BCUT2D eigenvalue weighted by molar-refractivity contribution is -0.152. The summed E-state index contributed by atoms with van der Waals surface area (Å²) < 4.78 is 4.72. The highest BCUT2D eigenvalue weighted by molar-refractivity contribution is 5.74. The SMILES string of the molecule is COC(=O)C1CCN(C(=O)O)CC1(C)C. The second-order valence-electron chi connectivity index (χ2n) is 4.56. The first-order chi connectivity index (χ1) is 6.88. The number of ether oxygens (including phenoxy) is 1. The summed E-state index contributed by atoms with van der Waals surface area (Å²) >= 11 is 0. The van der Waals surface area contributed by atoms with Crippen molar-refractivity contribution in [2.75, 3.05) is 20.2 Å². The number of piperidine rings is 1. The summed E-state index contributed by atoms with van der Waals surface area (Å²) in [5, 5.41) is 8.86. The number of hydrogen-bond donors (Lipinski definition) is 1. The van der Waals surface area contributed by atoms with Crippen LogP contribution in [0.4, 0.5) is 4.79 Å². The Morgan fingerprint density at radius 2 is 2.07 bits per heavy atom. The second-order valence-corrected chi connectivity index (χ2v) is 4.56. The predicted octanol–water partition coefficient (Wildman–Crippen LogP) is 1.19. The Morgan fingerprint density at radius 1 is 1.47 bits per heavy atom. The summed E-state index contributed by atoms with van der Waals surface area (Å²) in [6, 6.07) is 0. The van der Waals surface area contributed by atoms with Crippen molar-refractivity contribution in [3.8, 4) is 0 Å². The van der Waals surface area contributed by atoms with E-state index in [9.17, 15) is 9.59 Å². The highest BCUT2D eigenvalue weighted by Crippen LogP contribution is 2.35. The van der Waals surface area contributed by atoms with Crippen LogP contribution in [0.15, 0.2) is 0 Å². The zero-order chi connectivity index (χ0) is 11.6. The number of likely N-dealkylation sites (tertiary alicyclic amines) is 1. The average Bonchev–Trinajstić information content (AvgIpc) is 2.15. The van der Waals surface area contributed by atoms with Gasteiger partial charge in [0.2, 0.25) is 0 Å². The number of carbonyl (C=O) groups excluding carboxylic acids is 1. The van der Waals surface area contributed by atoms with Crippen molar-refractivity contribution in [1.29, 1.82) is 0 Å². The molecule has 1 atom stereocenters. The van der Waals surface area contributed by atoms with Crippen molar-refractivity contribution in [2.45, 2.75) is 20.3 Å². The summed E-state index contributed by atoms with van der Waals surface area (Å²) in [7, 11) is 1.36. The third-order valence-corrected chi connectivity index (χ3v) is 2.99. The highest BCUT2D eigenvalue weighted by atomic mass is 16.5. The van der Waals surface area contributed by atoms with Crippen molar-refractivity contribution in [2.24, 2.45) is 11.3 Å². The molecule has 1 aliphatic heterocycles. The monoisotopic (exact) mass is 215 g/mol. The van der Waals surface area contributed by atoms with Gasteiger partial charge in [0.15, 0.2) is 0 Å². The molecule has 1 unspecified atom stereocenters. The minimum atomic E-state index is -0.925. The lowest BCUT2D eigenvalue weighted by Crippen LogP contribution is -2.50. The number of rotatable bonds is 1. The van der Waals surface area contributed by atoms with E-state index in [2.05, 4.69) is 0 Å². The van der Waals surface area contributed by atoms with Gasteiger partial charge >= 0.3 is 12.1 Å². The predicted molar refractivity (Wildman–Crippen MR) is 53.5 cm³/mol. The van der Waals surface area contributed by atoms with Crippen LogP contribution in [0.2, 0.25) is 0 Å². The van der Waals surface area contributed by atoms with E-state index < -0.39 is 6.09 Å². The average molecular weight is 215 g/mol. The fourth-order valence-corrected chi connectivity index (χ4v) is 2.10. The smallest absolute Gasteiger partial charge is 0.407 e. The van der Waals surface area contributed by atoms with Gasteiger partial charge in [-0.05, 0) is 11.8 Å². The molecule has 5 nitrogen and oxygen atoms in total. The second kappa shape index (κ2) is 4.08. The van der Waals surface area contributed by atoms with Gasteiger partial charge in [-0.3, -0.25) is 4.79 Å². The first-order valence-electron chi connectivity index (χ1n) is 4.94. The molecular weight excluding hydrogens is 198 g/mol. The first-order valence-corrected chi connectivity index (χ1v) is 4.94. The van der Waals surface area contributed by atoms with Crippen molar-refractivity contribution in [3.05, 3.63) is 0 Å². The van der Waals surface area contributed by atoms with E-state index in [0.717, 1.165) is 0 Å². The molecule has 0 aromatic rings. The van der Waals surface area contributed by atoms with E-state index in [4.69, 9.17) is 9.84 Å². The van der Waals surface area contributed by atoms with Crippen molar-refractivity contribution in [3.63, 3.8) is 0 Å². The van der Waals surface area contributed by atoms with E-state index in [1.54, 1.807) is 0 Å². The molecule has 0 aliphatic carbocycles. The van der Waals surface area contributed by atoms with E-state index in [0.29, 0.717) is 19.5 Å². The normalized spacial score (nSPS) is 24.7. The third-order valence-electron chi connectivity index (χ3n) is 2.99. The van der Waals surface area contributed by atoms with E-state index in [1.165, 1.54) is 12.0 Å². The Balaban J connectivity index is 2.74. The molecule has 1 heterocycles. The molecule has 1 rings (SSSR count). The summed E-state index contributed by atoms with van der Waals surface area (Å²) in [6.07, 6.45) is -0.391. The molecule has 1 saturated heterocycles. The van der Waals surface area contributed by atoms with Gasteiger partial charge in [-0.2, -0.15) is 0 Å². The molecule has 15 heavy (non-hydrogen) atoms. The van der Waals surface area contributed by atoms with E-state index in [-0.39, 0.29) is 17.3 Å². The van der Waals surface area contributed by atoms with Gasteiger partial charge < -0.3 is 14.7 Å². The zero-order valence-corrected chi connectivity index (χ0v) is 9.32. The van der Waals surface area contributed by atoms with Crippen LogP contribution < -0.4 is 0 Å². The molecule has 0 aromatic heterocycles. The van der Waals surface area contributed by atoms with E-state index in [1.807, 2.05) is 13.8 Å². The number of nitrogens with zero attached hydrogens (tertiary/aromatic N) is 1. The largest absolute Gasteiger partial charge is 0.469 e. The number of methoxy groups -OCH3 is 1. The standard InChI is InChI=1S/C10H17NO4/c1-10(2)6-11(9(13)14)5-4-7(10)8(12)15-3/h7H,4-6H2,1-3H3,(H,13,14). The van der Waals surface area contributed by atoms with Crippen LogP contribution in [0.1, 0.15) is 20.3 Å². The van der Waals surface area contributed by atoms with E-state index >= 15 is 0 Å². The fraction of sp³-hybridized carbons (Fsp3) is 0.800. The maximum Gasteiger partial charge on any atom is 0.407 e. The van der Waals surface area contributed by atoms with Crippen LogP contribution in [-0.4, -0.2) is 42.3 Å². The lowest BCUT2D eigenvalue weighted by Gasteiger charge is -2.41. The molecule has 0 bridgehead atoms. The van der Waals surface area contributed by atoms with Gasteiger partial charge in [0.1, 0.15) is 0 Å². The summed E-state index contributed by atoms with van der Waals surface area (Å²) in [5.74, 6) is -0.455. The number of carboxylic acid groups (broad SMARTS) is 1. The molecule has 0 saturated carbocycles. The maximum atomic E-state index is 11.5. The molecule has 1 amide bonds. The molecule has 1 aliphatic rings. The van der Waals surface area contributed by atoms with Gasteiger partial charge in [-0.25, -0.2) is 4.79 Å².